The Bertz CT molecular complexity index is 995. The fourth-order valence-corrected chi connectivity index (χ4v) is 2.89. The second-order valence-electron chi connectivity index (χ2n) is 6.44. The van der Waals surface area contributed by atoms with E-state index in [-0.39, 0.29) is 26.4 Å². The van der Waals surface area contributed by atoms with Crippen molar-refractivity contribution in [3.05, 3.63) is 59.7 Å². The Morgan fingerprint density at radius 1 is 0.812 bits per heavy atom. The van der Waals surface area contributed by atoms with Gasteiger partial charge >= 0.3 is 5.51 Å². The first-order chi connectivity index (χ1) is 15.2. The zero-order chi connectivity index (χ0) is 23.5. The highest BCUT2D eigenvalue weighted by Crippen LogP contribution is 2.23. The highest BCUT2D eigenvalue weighted by molar-refractivity contribution is 7.92. The van der Waals surface area contributed by atoms with Gasteiger partial charge in [-0.25, -0.2) is 8.42 Å². The first-order valence-electron chi connectivity index (χ1n) is 9.68. The summed E-state index contributed by atoms with van der Waals surface area (Å²) >= 11 is 0. The van der Waals surface area contributed by atoms with Gasteiger partial charge in [0.25, 0.3) is 0 Å². The van der Waals surface area contributed by atoms with Crippen molar-refractivity contribution in [1.29, 1.82) is 0 Å². The largest absolute Gasteiger partial charge is 0.497 e. The molecule has 0 unspecified atom stereocenters. The Hall–Kier alpha value is -2.74. The summed E-state index contributed by atoms with van der Waals surface area (Å²) < 4.78 is 73.8. The van der Waals surface area contributed by atoms with Crippen molar-refractivity contribution in [2.45, 2.75) is 5.51 Å². The van der Waals surface area contributed by atoms with Crippen LogP contribution >= 0.6 is 0 Å². The molecule has 0 heterocycles. The highest BCUT2D eigenvalue weighted by atomic mass is 32.2. The first-order valence-corrected chi connectivity index (χ1v) is 11.3. The molecule has 10 heteroatoms. The summed E-state index contributed by atoms with van der Waals surface area (Å²) in [7, 11) is -3.30. The second kappa shape index (κ2) is 12.3. The summed E-state index contributed by atoms with van der Waals surface area (Å²) in [5.41, 5.74) is -2.48. The van der Waals surface area contributed by atoms with Gasteiger partial charge in [-0.3, -0.25) is 0 Å². The van der Waals surface area contributed by atoms with Crippen molar-refractivity contribution in [2.75, 3.05) is 51.2 Å². The van der Waals surface area contributed by atoms with Crippen LogP contribution in [0.5, 0.6) is 5.75 Å². The predicted octanol–water partition coefficient (Wildman–Crippen LogP) is 3.47. The average molecular weight is 471 g/mol. The maximum absolute atomic E-state index is 12.2. The summed E-state index contributed by atoms with van der Waals surface area (Å²) in [6, 6.07) is 15.0. The van der Waals surface area contributed by atoms with Gasteiger partial charge in [-0.15, -0.1) is 0 Å². The van der Waals surface area contributed by atoms with Gasteiger partial charge in [-0.1, -0.05) is 11.8 Å². The third-order valence-electron chi connectivity index (χ3n) is 4.10. The Labute approximate surface area is 185 Å². The van der Waals surface area contributed by atoms with Gasteiger partial charge in [0.1, 0.15) is 12.4 Å². The molecule has 32 heavy (non-hydrogen) atoms. The van der Waals surface area contributed by atoms with Crippen molar-refractivity contribution in [3.63, 3.8) is 0 Å². The van der Waals surface area contributed by atoms with Crippen LogP contribution in [0.4, 0.5) is 18.9 Å². The monoisotopic (exact) mass is 471 g/mol. The van der Waals surface area contributed by atoms with Crippen molar-refractivity contribution in [3.8, 4) is 17.6 Å². The Morgan fingerprint density at radius 3 is 1.84 bits per heavy atom. The molecule has 0 spiro atoms. The lowest BCUT2D eigenvalue weighted by Crippen LogP contribution is -2.28. The molecule has 1 N–H and O–H groups in total. The van der Waals surface area contributed by atoms with E-state index >= 15 is 0 Å². The minimum absolute atomic E-state index is 0.0154. The Balaban J connectivity index is 1.60. The smallest absolute Gasteiger partial charge is 0.491 e. The molecule has 0 radical (unpaired) electrons. The van der Waals surface area contributed by atoms with E-state index in [0.29, 0.717) is 5.75 Å². The number of nitrogens with one attached hydrogen (secondary N) is 1. The molecular formula is C22H24F3NO5S. The third kappa shape index (κ3) is 8.78. The quantitative estimate of drug-likeness (QED) is 0.400. The third-order valence-corrected chi connectivity index (χ3v) is 5.51. The second-order valence-corrected chi connectivity index (χ2v) is 8.54. The molecule has 0 aliphatic heterocycles. The topological polar surface area (TPSA) is 73.9 Å². The van der Waals surface area contributed by atoms with Crippen molar-refractivity contribution < 1.29 is 35.8 Å². The number of hydrogen-bond donors (Lipinski definition) is 1. The van der Waals surface area contributed by atoms with Crippen LogP contribution in [0.25, 0.3) is 0 Å². The highest BCUT2D eigenvalue weighted by Gasteiger charge is 2.44. The molecule has 2 rings (SSSR count). The molecule has 0 fully saturated rings. The molecule has 2 aromatic carbocycles. The van der Waals surface area contributed by atoms with E-state index in [0.717, 1.165) is 16.8 Å². The number of sulfone groups is 1. The molecule has 0 aliphatic carbocycles. The van der Waals surface area contributed by atoms with Gasteiger partial charge in [-0.2, -0.15) is 13.2 Å². The Morgan fingerprint density at radius 2 is 1.31 bits per heavy atom. The zero-order valence-corrected chi connectivity index (χ0v) is 18.3. The summed E-state index contributed by atoms with van der Waals surface area (Å²) in [6.45, 7) is 0.0650. The lowest BCUT2D eigenvalue weighted by atomic mass is 10.1. The SMILES string of the molecule is CNc1ccc(C#Cc2ccc(OCCOCCOCCS(=O)(=O)C(F)(F)F)cc2)cc1. The van der Waals surface area contributed by atoms with Crippen LogP contribution in [0.3, 0.4) is 0 Å². The normalized spacial score (nSPS) is 11.5. The van der Waals surface area contributed by atoms with E-state index in [1.54, 1.807) is 12.1 Å². The van der Waals surface area contributed by atoms with Crippen LogP contribution in [0.15, 0.2) is 48.5 Å². The molecule has 0 atom stereocenters. The number of halogens is 3. The van der Waals surface area contributed by atoms with Gasteiger partial charge in [0.2, 0.25) is 9.84 Å². The van der Waals surface area contributed by atoms with E-state index in [1.165, 1.54) is 0 Å². The lowest BCUT2D eigenvalue weighted by molar-refractivity contribution is -0.0442. The van der Waals surface area contributed by atoms with Crippen molar-refractivity contribution >= 4 is 15.5 Å². The molecule has 2 aromatic rings. The number of rotatable bonds is 11. The lowest BCUT2D eigenvalue weighted by Gasteiger charge is -2.09. The fourth-order valence-electron chi connectivity index (χ4n) is 2.32. The van der Waals surface area contributed by atoms with Gasteiger partial charge in [0.15, 0.2) is 0 Å². The van der Waals surface area contributed by atoms with Gasteiger partial charge < -0.3 is 19.5 Å². The Kier molecular flexibility index (Phi) is 9.84. The number of ether oxygens (including phenoxy) is 3. The standard InChI is InChI=1S/C22H24F3NO5S/c1-26-20-8-4-18(5-9-20)2-3-19-6-10-21(11-7-19)31-15-14-29-12-13-30-16-17-32(27,28)22(23,24)25/h4-11,26H,12-17H2,1H3. The number of benzene rings is 2. The van der Waals surface area contributed by atoms with Crippen LogP contribution in [0, 0.1) is 11.8 Å². The average Bonchev–Trinajstić information content (AvgIpc) is 2.77. The zero-order valence-electron chi connectivity index (χ0n) is 17.4. The molecule has 174 valence electrons. The number of alkyl halides is 3. The summed E-state index contributed by atoms with van der Waals surface area (Å²) in [4.78, 5) is 0. The fraction of sp³-hybridized carbons (Fsp3) is 0.364. The summed E-state index contributed by atoms with van der Waals surface area (Å²) in [6.07, 6.45) is 0. The molecule has 0 saturated heterocycles. The van der Waals surface area contributed by atoms with E-state index in [2.05, 4.69) is 17.2 Å². The molecule has 0 aromatic heterocycles. The summed E-state index contributed by atoms with van der Waals surface area (Å²) in [5.74, 6) is 5.70. The minimum Gasteiger partial charge on any atom is -0.491 e. The minimum atomic E-state index is -5.26. The molecule has 6 nitrogen and oxygen atoms in total. The van der Waals surface area contributed by atoms with Crippen LogP contribution in [-0.2, 0) is 19.3 Å². The van der Waals surface area contributed by atoms with E-state index < -0.39 is 27.7 Å². The molecule has 0 aliphatic rings. The first kappa shape index (κ1) is 25.5. The van der Waals surface area contributed by atoms with Crippen LogP contribution in [0.2, 0.25) is 0 Å². The van der Waals surface area contributed by atoms with Crippen molar-refractivity contribution in [1.82, 2.24) is 0 Å². The summed E-state index contributed by atoms with van der Waals surface area (Å²) in [5, 5.41) is 3.05. The molecular weight excluding hydrogens is 447 g/mol. The maximum atomic E-state index is 12.2. The molecule has 0 saturated carbocycles. The van der Waals surface area contributed by atoms with Crippen LogP contribution in [0.1, 0.15) is 11.1 Å². The molecule has 0 bridgehead atoms. The van der Waals surface area contributed by atoms with Gasteiger partial charge in [0.05, 0.1) is 32.2 Å². The van der Waals surface area contributed by atoms with E-state index in [9.17, 15) is 21.6 Å². The van der Waals surface area contributed by atoms with Gasteiger partial charge in [0, 0.05) is 23.9 Å². The van der Waals surface area contributed by atoms with E-state index in [4.69, 9.17) is 14.2 Å². The van der Waals surface area contributed by atoms with Crippen LogP contribution in [-0.4, -0.2) is 59.8 Å². The number of hydrogen-bond acceptors (Lipinski definition) is 6. The van der Waals surface area contributed by atoms with E-state index in [1.807, 2.05) is 43.4 Å². The van der Waals surface area contributed by atoms with Gasteiger partial charge in [-0.05, 0) is 48.5 Å². The number of anilines is 1. The van der Waals surface area contributed by atoms with Crippen molar-refractivity contribution in [2.24, 2.45) is 0 Å². The maximum Gasteiger partial charge on any atom is 0.497 e. The predicted molar refractivity (Wildman–Crippen MR) is 115 cm³/mol. The van der Waals surface area contributed by atoms with Crippen LogP contribution < -0.4 is 10.1 Å². The molecule has 0 amide bonds.